The molecule has 1 aromatic rings. The third kappa shape index (κ3) is 4.40. The smallest absolute Gasteiger partial charge is 0.106 e. The highest BCUT2D eigenvalue weighted by Crippen LogP contribution is 2.11. The number of hydrogen-bond acceptors (Lipinski definition) is 5. The molecule has 1 rings (SSSR count). The zero-order valence-electron chi connectivity index (χ0n) is 9.69. The maximum Gasteiger partial charge on any atom is 0.106 e. The van der Waals surface area contributed by atoms with Crippen LogP contribution < -0.4 is 5.73 Å². The van der Waals surface area contributed by atoms with Gasteiger partial charge in [-0.05, 0) is 0 Å². The number of ether oxygens (including phenoxy) is 1. The third-order valence-electron chi connectivity index (χ3n) is 2.16. The second kappa shape index (κ2) is 7.51. The summed E-state index contributed by atoms with van der Waals surface area (Å²) in [6.45, 7) is 7.55. The number of nitrogens with zero attached hydrogens (tertiary/aromatic N) is 2. The van der Waals surface area contributed by atoms with E-state index in [9.17, 15) is 0 Å². The third-order valence-corrected chi connectivity index (χ3v) is 3.08. The quantitative estimate of drug-likeness (QED) is 0.696. The first-order valence-corrected chi connectivity index (χ1v) is 6.13. The van der Waals surface area contributed by atoms with Gasteiger partial charge in [-0.1, -0.05) is 6.08 Å². The lowest BCUT2D eigenvalue weighted by atomic mass is 10.4. The minimum Gasteiger partial charge on any atom is -0.383 e. The van der Waals surface area contributed by atoms with Gasteiger partial charge in [0.25, 0.3) is 0 Å². The van der Waals surface area contributed by atoms with E-state index >= 15 is 0 Å². The number of methoxy groups -OCH3 is 1. The second-order valence-corrected chi connectivity index (χ2v) is 4.40. The second-order valence-electron chi connectivity index (χ2n) is 3.45. The summed E-state index contributed by atoms with van der Waals surface area (Å²) in [6, 6.07) is 0. The summed E-state index contributed by atoms with van der Waals surface area (Å²) < 4.78 is 5.07. The predicted octanol–water partition coefficient (Wildman–Crippen LogP) is 1.24. The molecule has 16 heavy (non-hydrogen) atoms. The zero-order valence-corrected chi connectivity index (χ0v) is 10.5. The van der Waals surface area contributed by atoms with Crippen molar-refractivity contribution in [3.05, 3.63) is 28.7 Å². The normalized spacial score (nSPS) is 10.9. The Morgan fingerprint density at radius 1 is 1.69 bits per heavy atom. The Labute approximate surface area is 101 Å². The Kier molecular flexibility index (Phi) is 6.25. The molecular weight excluding hydrogens is 222 g/mol. The first-order valence-electron chi connectivity index (χ1n) is 5.25. The van der Waals surface area contributed by atoms with Crippen LogP contribution in [0.4, 0.5) is 0 Å². The van der Waals surface area contributed by atoms with Crippen LogP contribution in [0.15, 0.2) is 18.0 Å². The minimum absolute atomic E-state index is 0.518. The average Bonchev–Trinajstić information content (AvgIpc) is 2.74. The van der Waals surface area contributed by atoms with Gasteiger partial charge >= 0.3 is 0 Å². The summed E-state index contributed by atoms with van der Waals surface area (Å²) in [7, 11) is 1.71. The summed E-state index contributed by atoms with van der Waals surface area (Å²) in [5.74, 6) is 0. The summed E-state index contributed by atoms with van der Waals surface area (Å²) >= 11 is 1.61. The molecule has 90 valence electrons. The lowest BCUT2D eigenvalue weighted by molar-refractivity contribution is 0.150. The molecule has 0 atom stereocenters. The van der Waals surface area contributed by atoms with E-state index in [1.54, 1.807) is 18.4 Å². The fourth-order valence-electron chi connectivity index (χ4n) is 1.38. The van der Waals surface area contributed by atoms with E-state index in [4.69, 9.17) is 10.5 Å². The van der Waals surface area contributed by atoms with Gasteiger partial charge in [-0.15, -0.1) is 17.9 Å². The van der Waals surface area contributed by atoms with Gasteiger partial charge in [-0.3, -0.25) is 4.90 Å². The van der Waals surface area contributed by atoms with Gasteiger partial charge in [0, 0.05) is 38.7 Å². The first-order chi connectivity index (χ1) is 7.80. The molecular formula is C11H19N3OS. The van der Waals surface area contributed by atoms with Crippen LogP contribution in [0, 0.1) is 0 Å². The van der Waals surface area contributed by atoms with Crippen molar-refractivity contribution in [1.82, 2.24) is 9.88 Å². The summed E-state index contributed by atoms with van der Waals surface area (Å²) in [6.07, 6.45) is 1.89. The molecule has 1 heterocycles. The van der Waals surface area contributed by atoms with Crippen molar-refractivity contribution in [3.63, 3.8) is 0 Å². The molecule has 0 aliphatic carbocycles. The number of nitrogens with two attached hydrogens (primary N) is 1. The van der Waals surface area contributed by atoms with Gasteiger partial charge in [0.1, 0.15) is 5.01 Å². The fraction of sp³-hybridized carbons (Fsp3) is 0.545. The van der Waals surface area contributed by atoms with E-state index in [1.807, 2.05) is 6.08 Å². The Morgan fingerprint density at radius 3 is 3.06 bits per heavy atom. The standard InChI is InChI=1S/C11H19N3OS/c1-3-4-14(5-6-15-2)8-10-9-16-11(7-12)13-10/h3,9H,1,4-8,12H2,2H3. The molecule has 2 N–H and O–H groups in total. The van der Waals surface area contributed by atoms with Crippen LogP contribution in [0.1, 0.15) is 10.7 Å². The number of hydrogen-bond donors (Lipinski definition) is 1. The lowest BCUT2D eigenvalue weighted by Crippen LogP contribution is -2.27. The molecule has 0 saturated heterocycles. The van der Waals surface area contributed by atoms with Gasteiger partial charge < -0.3 is 10.5 Å². The Morgan fingerprint density at radius 2 is 2.50 bits per heavy atom. The van der Waals surface area contributed by atoms with E-state index in [-0.39, 0.29) is 0 Å². The fourth-order valence-corrected chi connectivity index (χ4v) is 2.05. The predicted molar refractivity (Wildman–Crippen MR) is 67.4 cm³/mol. The number of thiazole rings is 1. The minimum atomic E-state index is 0.518. The van der Waals surface area contributed by atoms with Gasteiger partial charge in [0.15, 0.2) is 0 Å². The summed E-state index contributed by atoms with van der Waals surface area (Å²) in [5.41, 5.74) is 6.60. The molecule has 0 aromatic carbocycles. The van der Waals surface area contributed by atoms with Crippen molar-refractivity contribution in [2.24, 2.45) is 5.73 Å². The van der Waals surface area contributed by atoms with Gasteiger partial charge in [0.2, 0.25) is 0 Å². The van der Waals surface area contributed by atoms with E-state index in [0.29, 0.717) is 6.54 Å². The number of rotatable bonds is 8. The lowest BCUT2D eigenvalue weighted by Gasteiger charge is -2.18. The molecule has 5 heteroatoms. The molecule has 0 radical (unpaired) electrons. The van der Waals surface area contributed by atoms with Crippen LogP contribution in [-0.2, 0) is 17.8 Å². The molecule has 0 aliphatic heterocycles. The summed E-state index contributed by atoms with van der Waals surface area (Å²) in [5, 5.41) is 3.05. The molecule has 0 saturated carbocycles. The molecule has 0 bridgehead atoms. The van der Waals surface area contributed by atoms with Crippen LogP contribution >= 0.6 is 11.3 Å². The molecule has 0 fully saturated rings. The molecule has 0 aliphatic rings. The Bertz CT molecular complexity index is 314. The van der Waals surface area contributed by atoms with Crippen molar-refractivity contribution >= 4 is 11.3 Å². The van der Waals surface area contributed by atoms with Gasteiger partial charge in [-0.25, -0.2) is 4.98 Å². The largest absolute Gasteiger partial charge is 0.383 e. The monoisotopic (exact) mass is 241 g/mol. The highest BCUT2D eigenvalue weighted by molar-refractivity contribution is 7.09. The maximum absolute atomic E-state index is 5.53. The van der Waals surface area contributed by atoms with Crippen molar-refractivity contribution in [1.29, 1.82) is 0 Å². The topological polar surface area (TPSA) is 51.4 Å². The zero-order chi connectivity index (χ0) is 11.8. The van der Waals surface area contributed by atoms with Crippen molar-refractivity contribution in [3.8, 4) is 0 Å². The molecule has 4 nitrogen and oxygen atoms in total. The number of aromatic nitrogens is 1. The molecule has 0 unspecified atom stereocenters. The Hall–Kier alpha value is -0.750. The Balaban J connectivity index is 2.49. The highest BCUT2D eigenvalue weighted by Gasteiger charge is 2.07. The van der Waals surface area contributed by atoms with E-state index in [1.165, 1.54) is 0 Å². The van der Waals surface area contributed by atoms with Crippen molar-refractivity contribution < 1.29 is 4.74 Å². The average molecular weight is 241 g/mol. The first kappa shape index (κ1) is 13.3. The SMILES string of the molecule is C=CCN(CCOC)Cc1csc(CN)n1. The van der Waals surface area contributed by atoms with Crippen LogP contribution in [0.3, 0.4) is 0 Å². The van der Waals surface area contributed by atoms with Crippen molar-refractivity contribution in [2.45, 2.75) is 13.1 Å². The van der Waals surface area contributed by atoms with Gasteiger partial charge in [0.05, 0.1) is 12.3 Å². The van der Waals surface area contributed by atoms with Gasteiger partial charge in [-0.2, -0.15) is 0 Å². The molecule has 0 amide bonds. The van der Waals surface area contributed by atoms with E-state index in [0.717, 1.165) is 36.9 Å². The maximum atomic E-state index is 5.53. The highest BCUT2D eigenvalue weighted by atomic mass is 32.1. The van der Waals surface area contributed by atoms with Crippen LogP contribution in [0.5, 0.6) is 0 Å². The van der Waals surface area contributed by atoms with Crippen molar-refractivity contribution in [2.75, 3.05) is 26.8 Å². The van der Waals surface area contributed by atoms with Crippen LogP contribution in [-0.4, -0.2) is 36.7 Å². The molecule has 1 aromatic heterocycles. The van der Waals surface area contributed by atoms with E-state index in [2.05, 4.69) is 21.8 Å². The van der Waals surface area contributed by atoms with Crippen LogP contribution in [0.2, 0.25) is 0 Å². The molecule has 0 spiro atoms. The summed E-state index contributed by atoms with van der Waals surface area (Å²) in [4.78, 5) is 6.68. The van der Waals surface area contributed by atoms with E-state index < -0.39 is 0 Å². The van der Waals surface area contributed by atoms with Crippen LogP contribution in [0.25, 0.3) is 0 Å².